The monoisotopic (exact) mass is 755 g/mol. The number of aromatic nitrogens is 1. The third-order valence-corrected chi connectivity index (χ3v) is 13.7. The van der Waals surface area contributed by atoms with Gasteiger partial charge in [0.2, 0.25) is 6.79 Å². The summed E-state index contributed by atoms with van der Waals surface area (Å²) in [5.74, 6) is 0.944. The van der Waals surface area contributed by atoms with Crippen LogP contribution in [0.15, 0.2) is 24.3 Å². The van der Waals surface area contributed by atoms with Gasteiger partial charge >= 0.3 is 11.9 Å². The molecule has 3 aromatic carbocycles. The molecular formula is C39H41N5O9S. The van der Waals surface area contributed by atoms with Crippen molar-refractivity contribution in [3.05, 3.63) is 68.9 Å². The Morgan fingerprint density at radius 3 is 2.72 bits per heavy atom. The number of aliphatic hydroxyl groups excluding tert-OH is 1. The molecule has 2 saturated heterocycles. The fourth-order valence-corrected chi connectivity index (χ4v) is 11.8. The smallest absolute Gasteiger partial charge is 0.333 e. The van der Waals surface area contributed by atoms with Gasteiger partial charge in [0, 0.05) is 64.1 Å². The second-order valence-corrected chi connectivity index (χ2v) is 16.2. The van der Waals surface area contributed by atoms with Crippen LogP contribution in [0.5, 0.6) is 28.7 Å². The van der Waals surface area contributed by atoms with E-state index in [1.165, 1.54) is 25.8 Å². The maximum atomic E-state index is 14.7. The lowest BCUT2D eigenvalue weighted by atomic mass is 9.74. The Morgan fingerprint density at radius 2 is 1.93 bits per heavy atom. The molecule has 0 saturated carbocycles. The van der Waals surface area contributed by atoms with Crippen molar-refractivity contribution in [2.75, 3.05) is 38.5 Å². The first-order valence-electron chi connectivity index (χ1n) is 18.2. The zero-order chi connectivity index (χ0) is 37.4. The van der Waals surface area contributed by atoms with Crippen molar-refractivity contribution in [3.63, 3.8) is 0 Å². The highest BCUT2D eigenvalue weighted by molar-refractivity contribution is 7.99. The molecule has 4 bridgehead atoms. The Labute approximate surface area is 314 Å². The first-order valence-corrected chi connectivity index (χ1v) is 19.3. The van der Waals surface area contributed by atoms with E-state index in [2.05, 4.69) is 15.6 Å². The Kier molecular flexibility index (Phi) is 7.47. The van der Waals surface area contributed by atoms with Gasteiger partial charge in [0.25, 0.3) is 0 Å². The lowest BCUT2D eigenvalue weighted by molar-refractivity contribution is -0.164. The molecule has 0 aliphatic carbocycles. The molecule has 8 heterocycles. The molecule has 2 fully saturated rings. The number of aryl methyl sites for hydroxylation is 1. The van der Waals surface area contributed by atoms with Crippen LogP contribution in [0.1, 0.15) is 68.9 Å². The zero-order valence-corrected chi connectivity index (χ0v) is 31.0. The minimum atomic E-state index is -1.28. The van der Waals surface area contributed by atoms with E-state index in [1.54, 1.807) is 0 Å². The number of piperazine rings is 1. The molecule has 7 aliphatic rings. The standard InChI is InChI=1S/C39H41N5O9S/c1-15-9-18-10-23-37(47)44-24-12-50-38(48)39(36-20(7-8-41-39)21-11-19(40)5-6-22(21)43-36)13-54-35(29(44)28(42-23)25(18)30(46)31(15)49-4)27-26(24)34-33(51-14-52-34)16(2)32(27)53-17(3)45/h5-6,9,11,23-24,28-29,35,37,41-43,46-47H,7-8,10,12-14,40H2,1-4H3/t23-,24-,28+,29+,35+,37-,39+/m0/s1. The molecule has 282 valence electrons. The van der Waals surface area contributed by atoms with Crippen LogP contribution in [0.2, 0.25) is 0 Å². The van der Waals surface area contributed by atoms with Crippen LogP contribution in [0.25, 0.3) is 10.9 Å². The predicted octanol–water partition coefficient (Wildman–Crippen LogP) is 3.42. The number of H-pyrrole nitrogens is 1. The number of aliphatic hydroxyl groups is 1. The van der Waals surface area contributed by atoms with E-state index in [4.69, 9.17) is 29.4 Å². The van der Waals surface area contributed by atoms with Gasteiger partial charge in [-0.3, -0.25) is 15.0 Å². The number of hydrogen-bond donors (Lipinski definition) is 6. The number of fused-ring (bicyclic) bond motifs is 11. The molecule has 7 atom stereocenters. The number of benzene rings is 3. The largest absolute Gasteiger partial charge is 0.504 e. The van der Waals surface area contributed by atoms with Gasteiger partial charge in [-0.2, -0.15) is 0 Å². The van der Waals surface area contributed by atoms with Crippen LogP contribution in [0.3, 0.4) is 0 Å². The SMILES string of the molecule is COc1c(C)cc2c(c1O)[C@H]1N[C@@H](C2)[C@H](O)N2[C@H]1[C@@H]1SC[C@]3(NCCc4c3[nH]c3ccc(N)cc43)C(=O)OC[C@H]2c2c3c(c(C)c(OC(C)=O)c21)OCO3. The average molecular weight is 756 g/mol. The van der Waals surface area contributed by atoms with Crippen molar-refractivity contribution < 1.29 is 43.5 Å². The van der Waals surface area contributed by atoms with E-state index < -0.39 is 53.1 Å². The number of esters is 2. The summed E-state index contributed by atoms with van der Waals surface area (Å²) in [5, 5.41) is 32.0. The second-order valence-electron chi connectivity index (χ2n) is 15.1. The third kappa shape index (κ3) is 4.50. The van der Waals surface area contributed by atoms with Crippen molar-refractivity contribution in [1.29, 1.82) is 0 Å². The van der Waals surface area contributed by atoms with E-state index in [0.717, 1.165) is 33.3 Å². The van der Waals surface area contributed by atoms with Gasteiger partial charge in [-0.25, -0.2) is 4.79 Å². The van der Waals surface area contributed by atoms with Crippen molar-refractivity contribution in [1.82, 2.24) is 20.5 Å². The maximum Gasteiger partial charge on any atom is 0.333 e. The van der Waals surface area contributed by atoms with E-state index in [0.29, 0.717) is 70.3 Å². The number of phenols is 1. The Morgan fingerprint density at radius 1 is 1.11 bits per heavy atom. The molecule has 7 aliphatic heterocycles. The summed E-state index contributed by atoms with van der Waals surface area (Å²) < 4.78 is 30.4. The van der Waals surface area contributed by atoms with Crippen molar-refractivity contribution in [2.45, 2.75) is 74.8 Å². The highest BCUT2D eigenvalue weighted by atomic mass is 32.2. The number of aromatic hydroxyl groups is 1. The molecule has 15 heteroatoms. The summed E-state index contributed by atoms with van der Waals surface area (Å²) in [5.41, 5.74) is 12.5. The van der Waals surface area contributed by atoms with E-state index in [9.17, 15) is 19.8 Å². The second kappa shape index (κ2) is 11.9. The molecule has 1 aromatic heterocycles. The fraction of sp³-hybridized carbons (Fsp3) is 0.436. The molecular weight excluding hydrogens is 715 g/mol. The first kappa shape index (κ1) is 33.9. The molecule has 0 amide bonds. The van der Waals surface area contributed by atoms with Crippen molar-refractivity contribution in [3.8, 4) is 28.7 Å². The summed E-state index contributed by atoms with van der Waals surface area (Å²) in [4.78, 5) is 33.2. The first-order chi connectivity index (χ1) is 26.0. The van der Waals surface area contributed by atoms with Gasteiger partial charge in [0.1, 0.15) is 18.6 Å². The summed E-state index contributed by atoms with van der Waals surface area (Å²) in [6.45, 7) is 5.42. The van der Waals surface area contributed by atoms with Gasteiger partial charge in [0.05, 0.1) is 36.2 Å². The number of carbonyl (C=O) groups excluding carboxylic acids is 2. The topological polar surface area (TPSA) is 190 Å². The fourth-order valence-electron chi connectivity index (χ4n) is 10.1. The highest BCUT2D eigenvalue weighted by Crippen LogP contribution is 2.63. The highest BCUT2D eigenvalue weighted by Gasteiger charge is 2.60. The number of aromatic amines is 1. The maximum absolute atomic E-state index is 14.7. The number of rotatable bonds is 2. The molecule has 0 radical (unpaired) electrons. The summed E-state index contributed by atoms with van der Waals surface area (Å²) in [7, 11) is 1.54. The van der Waals surface area contributed by atoms with Gasteiger partial charge in [-0.05, 0) is 61.6 Å². The number of anilines is 1. The summed E-state index contributed by atoms with van der Waals surface area (Å²) in [6, 6.07) is 5.48. The van der Waals surface area contributed by atoms with Crippen molar-refractivity contribution >= 4 is 40.3 Å². The minimum absolute atomic E-state index is 0.0406. The third-order valence-electron chi connectivity index (χ3n) is 12.2. The number of nitrogens with one attached hydrogen (secondary N) is 3. The Hall–Kier alpha value is -4.67. The van der Waals surface area contributed by atoms with Gasteiger partial charge < -0.3 is 49.9 Å². The van der Waals surface area contributed by atoms with Gasteiger partial charge in [-0.1, -0.05) is 6.07 Å². The van der Waals surface area contributed by atoms with Crippen LogP contribution in [-0.2, 0) is 32.7 Å². The van der Waals surface area contributed by atoms with Crippen LogP contribution < -0.4 is 35.3 Å². The minimum Gasteiger partial charge on any atom is -0.504 e. The van der Waals surface area contributed by atoms with Crippen LogP contribution in [0.4, 0.5) is 5.69 Å². The number of methoxy groups -OCH3 is 1. The number of thioether (sulfide) groups is 1. The number of nitrogen functional groups attached to an aromatic ring is 1. The molecule has 1 spiro atoms. The average Bonchev–Trinajstić information content (AvgIpc) is 3.79. The molecule has 11 rings (SSSR count). The lowest BCUT2D eigenvalue weighted by Crippen LogP contribution is -2.69. The number of hydrogen-bond acceptors (Lipinski definition) is 14. The van der Waals surface area contributed by atoms with Gasteiger partial charge in [-0.15, -0.1) is 11.8 Å². The van der Waals surface area contributed by atoms with Gasteiger partial charge in [0.15, 0.2) is 28.5 Å². The number of carbonyl (C=O) groups is 2. The Balaban J connectivity index is 1.23. The van der Waals surface area contributed by atoms with Crippen molar-refractivity contribution in [2.24, 2.45) is 0 Å². The van der Waals surface area contributed by atoms with Crippen LogP contribution in [0, 0.1) is 13.8 Å². The van der Waals surface area contributed by atoms with Crippen LogP contribution in [-0.4, -0.2) is 83.2 Å². The molecule has 14 nitrogen and oxygen atoms in total. The number of phenolic OH excluding ortho intramolecular Hbond substituents is 1. The molecule has 54 heavy (non-hydrogen) atoms. The zero-order valence-electron chi connectivity index (χ0n) is 30.2. The van der Waals surface area contributed by atoms with E-state index in [-0.39, 0.29) is 24.9 Å². The molecule has 4 aromatic rings. The van der Waals surface area contributed by atoms with E-state index >= 15 is 0 Å². The Bertz CT molecular complexity index is 2310. The quantitative estimate of drug-likeness (QED) is 0.0992. The number of ether oxygens (including phenoxy) is 5. The number of nitrogens with two attached hydrogens (primary N) is 1. The lowest BCUT2D eigenvalue weighted by Gasteiger charge is -2.59. The summed E-state index contributed by atoms with van der Waals surface area (Å²) >= 11 is 1.51. The molecule has 7 N–H and O–H groups in total. The predicted molar refractivity (Wildman–Crippen MR) is 198 cm³/mol. The van der Waals surface area contributed by atoms with E-state index in [1.807, 2.05) is 43.0 Å². The van der Waals surface area contributed by atoms with Crippen LogP contribution >= 0.6 is 11.8 Å². The number of nitrogens with zero attached hydrogens (tertiary/aromatic N) is 1. The molecule has 0 unspecified atom stereocenters. The normalized spacial score (nSPS) is 29.2. The summed E-state index contributed by atoms with van der Waals surface area (Å²) in [6.07, 6.45) is 0.0869.